The fraction of sp³-hybridized carbons (Fsp3) is 0.500. The van der Waals surface area contributed by atoms with Gasteiger partial charge in [-0.1, -0.05) is 19.3 Å². The number of halogens is 2. The van der Waals surface area contributed by atoms with E-state index in [4.69, 9.17) is 28.3 Å². The molecule has 1 aromatic heterocycles. The zero-order valence-electron chi connectivity index (χ0n) is 14.6. The zero-order chi connectivity index (χ0) is 18.2. The molecule has 0 N–H and O–H groups in total. The molecule has 0 radical (unpaired) electrons. The normalized spacial score (nSPS) is 15.0. The van der Waals surface area contributed by atoms with Crippen LogP contribution in [0.5, 0.6) is 5.75 Å². The summed E-state index contributed by atoms with van der Waals surface area (Å²) in [6.45, 7) is 0.893. The molecule has 0 aliphatic heterocycles. The van der Waals surface area contributed by atoms with Gasteiger partial charge < -0.3 is 0 Å². The average Bonchev–Trinajstić information content (AvgIpc) is 2.96. The number of ether oxygens (including phenoxy) is 1. The first-order valence-corrected chi connectivity index (χ1v) is 10.2. The molecule has 142 valence electrons. The number of benzene rings is 1. The Morgan fingerprint density at radius 2 is 1.76 bits per heavy atom. The summed E-state index contributed by atoms with van der Waals surface area (Å²) in [6, 6.07) is 8.59. The van der Waals surface area contributed by atoms with Crippen LogP contribution in [0.1, 0.15) is 37.7 Å². The maximum atomic E-state index is 5.56. The summed E-state index contributed by atoms with van der Waals surface area (Å²) < 4.78 is 12.0. The fourth-order valence-electron chi connectivity index (χ4n) is 2.81. The second kappa shape index (κ2) is 10.6. The predicted molar refractivity (Wildman–Crippen MR) is 99.2 cm³/mol. The Labute approximate surface area is 170 Å². The van der Waals surface area contributed by atoms with Crippen LogP contribution < -0.4 is 4.74 Å². The smallest absolute Gasteiger partial charge is 0.0416 e. The van der Waals surface area contributed by atoms with Crippen LogP contribution >= 0.6 is 23.6 Å². The van der Waals surface area contributed by atoms with Crippen LogP contribution in [0.4, 0.5) is 0 Å². The fourth-order valence-corrected chi connectivity index (χ4v) is 3.72. The van der Waals surface area contributed by atoms with Crippen molar-refractivity contribution in [1.29, 1.82) is 0 Å². The summed E-state index contributed by atoms with van der Waals surface area (Å²) in [4.78, 5) is 0. The van der Waals surface area contributed by atoms with Gasteiger partial charge in [0.1, 0.15) is 0 Å². The Morgan fingerprint density at radius 3 is 2.20 bits per heavy atom. The first-order valence-electron chi connectivity index (χ1n) is 8.42. The van der Waals surface area contributed by atoms with E-state index in [1.807, 2.05) is 19.2 Å². The molecule has 0 unspecified atom stereocenters. The number of hydrogen-bond acceptors (Lipinski definition) is 2. The van der Waals surface area contributed by atoms with Gasteiger partial charge in [-0.05, 0) is 36.4 Å². The van der Waals surface area contributed by atoms with Crippen molar-refractivity contribution in [3.8, 4) is 5.75 Å². The van der Waals surface area contributed by atoms with Crippen LogP contribution in [0.25, 0.3) is 0 Å². The number of hydrogen-bond donors (Lipinski definition) is 0. The van der Waals surface area contributed by atoms with Gasteiger partial charge in [0, 0.05) is 6.04 Å². The molecule has 1 fully saturated rings. The quantitative estimate of drug-likeness (QED) is 0.493. The second-order valence-electron chi connectivity index (χ2n) is 6.18. The van der Waals surface area contributed by atoms with Crippen molar-refractivity contribution in [3.05, 3.63) is 46.0 Å². The summed E-state index contributed by atoms with van der Waals surface area (Å²) in [6.07, 6.45) is 10.4. The van der Waals surface area contributed by atoms with Crippen LogP contribution in [0.2, 0.25) is 0 Å². The molecule has 0 spiro atoms. The minimum absolute atomic E-state index is 0.419. The maximum absolute atomic E-state index is 5.56. The van der Waals surface area contributed by atoms with Gasteiger partial charge in [-0.25, -0.2) is 0 Å². The van der Waals surface area contributed by atoms with Crippen molar-refractivity contribution in [1.82, 2.24) is 13.1 Å². The molecule has 2 aromatic rings. The first kappa shape index (κ1) is 20.8. The molecule has 0 atom stereocenters. The van der Waals surface area contributed by atoms with Gasteiger partial charge in [0.2, 0.25) is 0 Å². The third-order valence-electron chi connectivity index (χ3n) is 4.32. The van der Waals surface area contributed by atoms with Gasteiger partial charge in [-0.2, -0.15) is 0 Å². The third kappa shape index (κ3) is 6.60. The van der Waals surface area contributed by atoms with E-state index in [1.54, 1.807) is 7.11 Å². The molecular weight excluding hydrogens is 540 g/mol. The van der Waals surface area contributed by atoms with E-state index in [9.17, 15) is 0 Å². The average molecular weight is 565 g/mol. The molecule has 0 amide bonds. The number of aryl methyl sites for hydroxylation is 1. The van der Waals surface area contributed by atoms with Crippen LogP contribution in [-0.4, -0.2) is 26.2 Å². The molecule has 0 saturated heterocycles. The third-order valence-corrected chi connectivity index (χ3v) is 6.33. The minimum atomic E-state index is 0.419. The van der Waals surface area contributed by atoms with Gasteiger partial charge in [0.05, 0.1) is 0 Å². The van der Waals surface area contributed by atoms with Crippen molar-refractivity contribution < 1.29 is 24.1 Å². The summed E-state index contributed by atoms with van der Waals surface area (Å²) in [5.74, 6) is 0.900. The summed E-state index contributed by atoms with van der Waals surface area (Å²) in [5.41, 5.74) is 1.27. The Bertz CT molecular complexity index is 691. The van der Waals surface area contributed by atoms with Crippen molar-refractivity contribution in [3.63, 3.8) is 0 Å². The number of nitrogens with zero attached hydrogens (tertiary/aromatic N) is 3. The van der Waals surface area contributed by atoms with Crippen molar-refractivity contribution in [2.24, 2.45) is 7.05 Å². The van der Waals surface area contributed by atoms with Crippen molar-refractivity contribution in [2.75, 3.05) is 7.11 Å². The molecule has 0 bridgehead atoms. The van der Waals surface area contributed by atoms with Crippen molar-refractivity contribution >= 4 is 23.6 Å². The molecule has 25 heavy (non-hydrogen) atoms. The largest absolute Gasteiger partial charge is 0.129 e. The maximum Gasteiger partial charge on any atom is 0.0416 e. The topological polar surface area (TPSA) is 22.3 Å². The van der Waals surface area contributed by atoms with E-state index in [2.05, 4.69) is 53.0 Å². The molecular formula is C18H25Cl2N3OPt. The van der Waals surface area contributed by atoms with Crippen LogP contribution in [-0.2, 0) is 32.9 Å². The molecule has 1 aliphatic carbocycles. The minimum Gasteiger partial charge on any atom is -0.129 e. The van der Waals surface area contributed by atoms with Crippen LogP contribution in [0, 0.1) is 3.80 Å². The Morgan fingerprint density at radius 1 is 1.12 bits per heavy atom. The Balaban J connectivity index is 0.000000212. The van der Waals surface area contributed by atoms with Crippen LogP contribution in [0.3, 0.4) is 0 Å². The standard InChI is InChI=1S/C12H14N2O.C6H11Cl2N.Pt/c1-13-7-8-14(10-13)9-11-3-5-12(15-2)6-4-11;7-9(8)6-4-2-1-3-5-6;/h3-8H,9H2,1-2H3;6H,1-5H2;. The van der Waals surface area contributed by atoms with E-state index in [0.29, 0.717) is 6.04 Å². The second-order valence-corrected chi connectivity index (χ2v) is 8.09. The van der Waals surface area contributed by atoms with Gasteiger partial charge in [0.25, 0.3) is 0 Å². The zero-order valence-corrected chi connectivity index (χ0v) is 18.4. The van der Waals surface area contributed by atoms with E-state index < -0.39 is 0 Å². The number of rotatable bonds is 4. The van der Waals surface area contributed by atoms with Crippen molar-refractivity contribution in [2.45, 2.75) is 44.7 Å². The molecule has 1 aromatic carbocycles. The first-order chi connectivity index (χ1) is 12.0. The van der Waals surface area contributed by atoms with Gasteiger partial charge in [0.15, 0.2) is 0 Å². The van der Waals surface area contributed by atoms with Crippen LogP contribution in [0.15, 0.2) is 36.7 Å². The van der Waals surface area contributed by atoms with Gasteiger partial charge in [-0.3, -0.25) is 0 Å². The van der Waals surface area contributed by atoms with E-state index in [0.717, 1.165) is 25.1 Å². The number of methoxy groups -OCH3 is 1. The molecule has 4 nitrogen and oxygen atoms in total. The Hall–Kier alpha value is -0.542. The molecule has 1 heterocycles. The molecule has 1 aliphatic rings. The molecule has 3 rings (SSSR count). The number of aromatic nitrogens is 2. The van der Waals surface area contributed by atoms with Gasteiger partial charge in [-0.15, -0.1) is 3.94 Å². The summed E-state index contributed by atoms with van der Waals surface area (Å²) in [7, 11) is 3.73. The summed E-state index contributed by atoms with van der Waals surface area (Å²) in [5, 5.41) is 0. The van der Waals surface area contributed by atoms with E-state index in [-0.39, 0.29) is 0 Å². The molecule has 1 saturated carbocycles. The SMILES string of the molecule is COc1ccc(Cn2ccn(C)[c]2=[Pt])cc1.ClN(Cl)C1CCCCC1. The monoisotopic (exact) mass is 564 g/mol. The van der Waals surface area contributed by atoms with Gasteiger partial charge >= 0.3 is 106 Å². The van der Waals surface area contributed by atoms with E-state index >= 15 is 0 Å². The predicted octanol–water partition coefficient (Wildman–Crippen LogP) is 4.89. The summed E-state index contributed by atoms with van der Waals surface area (Å²) >= 11 is 13.4. The molecule has 7 heteroatoms. The Kier molecular flexibility index (Phi) is 8.78. The number of imidazole rings is 1. The van der Waals surface area contributed by atoms with E-state index in [1.165, 1.54) is 32.6 Å².